The van der Waals surface area contributed by atoms with E-state index in [0.29, 0.717) is 96.8 Å². The minimum absolute atomic E-state index is 0.0776. The second-order valence-electron chi connectivity index (χ2n) is 18.3. The van der Waals surface area contributed by atoms with Crippen LogP contribution in [-0.2, 0) is 26.4 Å². The van der Waals surface area contributed by atoms with E-state index in [4.69, 9.17) is 11.6 Å². The van der Waals surface area contributed by atoms with Crippen LogP contribution in [0.3, 0.4) is 0 Å². The van der Waals surface area contributed by atoms with E-state index >= 15 is 4.39 Å². The van der Waals surface area contributed by atoms with Crippen molar-refractivity contribution in [3.8, 4) is 22.4 Å². The molecule has 1 aromatic heterocycles. The maximum absolute atomic E-state index is 15.6. The summed E-state index contributed by atoms with van der Waals surface area (Å²) in [5.41, 5.74) is -1.90. The van der Waals surface area contributed by atoms with Crippen LogP contribution in [0.1, 0.15) is 42.2 Å². The average molecular weight is 1100 g/mol. The lowest BCUT2D eigenvalue weighted by molar-refractivity contribution is -0.0436. The first kappa shape index (κ1) is 54.5. The number of carboxylic acids is 1. The van der Waals surface area contributed by atoms with E-state index in [-0.39, 0.29) is 16.9 Å². The maximum Gasteiger partial charge on any atom is 0.501 e. The summed E-state index contributed by atoms with van der Waals surface area (Å²) in [4.78, 5) is 18.2. The van der Waals surface area contributed by atoms with E-state index in [9.17, 15) is 39.9 Å². The topological polar surface area (TPSA) is 156 Å². The van der Waals surface area contributed by atoms with Crippen molar-refractivity contribution in [2.75, 3.05) is 78.5 Å². The van der Waals surface area contributed by atoms with Crippen molar-refractivity contribution >= 4 is 71.9 Å². The fourth-order valence-electron chi connectivity index (χ4n) is 9.71. The lowest BCUT2D eigenvalue weighted by Gasteiger charge is -2.37. The molecule has 8 rings (SSSR count). The van der Waals surface area contributed by atoms with Gasteiger partial charge in [0.2, 0.25) is 0 Å². The molecule has 5 aromatic carbocycles. The van der Waals surface area contributed by atoms with Gasteiger partial charge in [0.1, 0.15) is 10.7 Å². The number of carbonyl (C=O) groups is 1. The number of hydrogen-bond donors (Lipinski definition) is 4. The van der Waals surface area contributed by atoms with Crippen molar-refractivity contribution in [1.29, 1.82) is 0 Å². The van der Waals surface area contributed by atoms with Gasteiger partial charge in [0.25, 0.3) is 19.9 Å². The number of halogens is 5. The number of anilines is 4. The van der Waals surface area contributed by atoms with E-state index in [1.54, 1.807) is 37.3 Å². The van der Waals surface area contributed by atoms with Crippen LogP contribution in [0, 0.1) is 12.7 Å². The zero-order chi connectivity index (χ0) is 53.0. The van der Waals surface area contributed by atoms with Crippen molar-refractivity contribution in [1.82, 2.24) is 14.8 Å². The molecule has 0 amide bonds. The SMILES string of the molecule is CCn1c(C)c(C(=O)O)c(-c2cc(F)cc(N3CCN(c4ccc(NS(=O)(=O)c5ccc(N[C@H](CCN6CCC(NC)CC6)CSc6ccccc6)c(S(=O)(=O)C(F)(F)F)c5)cc4)CC3)c2)c1-c1ccc(Cl)cc1. The number of thioether (sulfide) groups is 1. The third kappa shape index (κ3) is 12.3. The first-order chi connectivity index (χ1) is 35.3. The molecule has 2 aliphatic heterocycles. The van der Waals surface area contributed by atoms with Crippen LogP contribution >= 0.6 is 23.4 Å². The van der Waals surface area contributed by atoms with Gasteiger partial charge in [-0.15, -0.1) is 11.8 Å². The van der Waals surface area contributed by atoms with E-state index in [0.717, 1.165) is 54.2 Å². The van der Waals surface area contributed by atoms with Crippen molar-refractivity contribution in [2.45, 2.75) is 71.9 Å². The Kier molecular flexibility index (Phi) is 16.9. The van der Waals surface area contributed by atoms with Crippen LogP contribution in [0.25, 0.3) is 22.4 Å². The van der Waals surface area contributed by atoms with Crippen molar-refractivity contribution in [3.63, 3.8) is 0 Å². The molecule has 3 heterocycles. The summed E-state index contributed by atoms with van der Waals surface area (Å²) in [5, 5.41) is 17.3. The molecule has 394 valence electrons. The number of nitrogens with zero attached hydrogens (tertiary/aromatic N) is 4. The minimum Gasteiger partial charge on any atom is -0.478 e. The molecule has 74 heavy (non-hydrogen) atoms. The minimum atomic E-state index is -6.03. The Morgan fingerprint density at radius 2 is 1.47 bits per heavy atom. The highest BCUT2D eigenvalue weighted by atomic mass is 35.5. The Labute approximate surface area is 438 Å². The molecular formula is C53H58ClF4N7O6S3. The molecule has 4 N–H and O–H groups in total. The van der Waals surface area contributed by atoms with E-state index in [1.807, 2.05) is 65.9 Å². The Morgan fingerprint density at radius 3 is 2.08 bits per heavy atom. The van der Waals surface area contributed by atoms with Gasteiger partial charge in [0, 0.05) is 95.3 Å². The lowest BCUT2D eigenvalue weighted by atomic mass is 9.96. The van der Waals surface area contributed by atoms with Crippen LogP contribution in [0.15, 0.2) is 130 Å². The van der Waals surface area contributed by atoms with Crippen LogP contribution in [-0.4, -0.2) is 114 Å². The van der Waals surface area contributed by atoms with Crippen molar-refractivity contribution in [2.24, 2.45) is 0 Å². The number of nitrogens with one attached hydrogen (secondary N) is 3. The number of rotatable bonds is 19. The first-order valence-electron chi connectivity index (χ1n) is 24.2. The predicted molar refractivity (Wildman–Crippen MR) is 287 cm³/mol. The summed E-state index contributed by atoms with van der Waals surface area (Å²) >= 11 is 7.67. The molecule has 6 aromatic rings. The molecule has 2 aliphatic rings. The van der Waals surface area contributed by atoms with E-state index in [1.165, 1.54) is 36.0 Å². The van der Waals surface area contributed by atoms with Crippen LogP contribution < -0.4 is 25.2 Å². The third-order valence-corrected chi connectivity index (χ3v) is 18.0. The zero-order valence-corrected chi connectivity index (χ0v) is 44.2. The second kappa shape index (κ2) is 23.0. The average Bonchev–Trinajstić information content (AvgIpc) is 3.69. The molecule has 0 saturated carbocycles. The Morgan fingerprint density at radius 1 is 0.824 bits per heavy atom. The van der Waals surface area contributed by atoms with Crippen LogP contribution in [0.5, 0.6) is 0 Å². The predicted octanol–water partition coefficient (Wildman–Crippen LogP) is 10.7. The molecule has 0 bridgehead atoms. The van der Waals surface area contributed by atoms with Crippen LogP contribution in [0.2, 0.25) is 5.02 Å². The number of sulfone groups is 1. The monoisotopic (exact) mass is 1100 g/mol. The summed E-state index contributed by atoms with van der Waals surface area (Å²) in [6.07, 6.45) is 2.37. The standard InChI is InChI=1S/C53H58ClF4N7O6S3/c1-4-65-35(2)49(52(66)67)50(51(65)36-10-12-38(54)13-11-36)37-30-39(55)32-44(31-37)64-28-26-63(27-29-64)43-16-14-41(15-17-43)61-74(70,71)46-18-19-47(48(33-46)73(68,69)53(56,57)58)60-42(34-72-45-8-6-5-7-9-45)22-25-62-23-20-40(59-3)21-24-62/h5-19,30-33,40,42,59-61H,4,20-29,34H2,1-3H3,(H,66,67)/t42-/m1/s1. The largest absolute Gasteiger partial charge is 0.501 e. The number of benzene rings is 5. The number of sulfonamides is 1. The highest BCUT2D eigenvalue weighted by Gasteiger charge is 2.48. The smallest absolute Gasteiger partial charge is 0.478 e. The first-order valence-corrected chi connectivity index (χ1v) is 28.5. The summed E-state index contributed by atoms with van der Waals surface area (Å²) in [6, 6.07) is 30.0. The number of aromatic carboxylic acids is 1. The number of alkyl halides is 3. The van der Waals surface area contributed by atoms with Crippen LogP contribution in [0.4, 0.5) is 40.3 Å². The molecule has 0 unspecified atom stereocenters. The Bertz CT molecular complexity index is 3170. The number of piperidine rings is 1. The molecule has 0 aliphatic carbocycles. The number of hydrogen-bond acceptors (Lipinski definition) is 11. The zero-order valence-electron chi connectivity index (χ0n) is 41.0. The van der Waals surface area contributed by atoms with E-state index in [2.05, 4.69) is 25.2 Å². The molecule has 1 atom stereocenters. The molecule has 2 saturated heterocycles. The molecule has 0 spiro atoms. The lowest BCUT2D eigenvalue weighted by Crippen LogP contribution is -2.46. The van der Waals surface area contributed by atoms with Crippen molar-refractivity contribution < 1.29 is 44.3 Å². The van der Waals surface area contributed by atoms with Gasteiger partial charge in [0.15, 0.2) is 0 Å². The van der Waals surface area contributed by atoms with Gasteiger partial charge in [-0.25, -0.2) is 26.0 Å². The second-order valence-corrected chi connectivity index (χ2v) is 23.5. The van der Waals surface area contributed by atoms with Gasteiger partial charge >= 0.3 is 11.5 Å². The third-order valence-electron chi connectivity index (χ3n) is 13.7. The molecule has 2 fully saturated rings. The van der Waals surface area contributed by atoms with Gasteiger partial charge in [-0.3, -0.25) is 4.72 Å². The summed E-state index contributed by atoms with van der Waals surface area (Å²) in [7, 11) is -8.72. The Hall–Kier alpha value is -5.77. The highest BCUT2D eigenvalue weighted by molar-refractivity contribution is 7.99. The van der Waals surface area contributed by atoms with Crippen molar-refractivity contribution in [3.05, 3.63) is 137 Å². The maximum atomic E-state index is 15.6. The summed E-state index contributed by atoms with van der Waals surface area (Å²) in [5.74, 6) is -1.28. The van der Waals surface area contributed by atoms with Gasteiger partial charge in [-0.1, -0.05) is 41.9 Å². The fraction of sp³-hybridized carbons (Fsp3) is 0.340. The summed E-state index contributed by atoms with van der Waals surface area (Å²) < 4.78 is 117. The molecular weight excluding hydrogens is 1040 g/mol. The van der Waals surface area contributed by atoms with E-state index < -0.39 is 53.0 Å². The quantitative estimate of drug-likeness (QED) is 0.0451. The van der Waals surface area contributed by atoms with Gasteiger partial charge < -0.3 is 35.0 Å². The Balaban J connectivity index is 0.972. The summed E-state index contributed by atoms with van der Waals surface area (Å²) in [6.45, 7) is 8.29. The van der Waals surface area contributed by atoms with Gasteiger partial charge in [-0.05, 0) is 149 Å². The fourth-order valence-corrected chi connectivity index (χ4v) is 12.9. The normalized spacial score (nSPS) is 15.6. The van der Waals surface area contributed by atoms with Gasteiger partial charge in [0.05, 0.1) is 21.8 Å². The number of piperazine rings is 1. The molecule has 0 radical (unpaired) electrons. The highest BCUT2D eigenvalue weighted by Crippen LogP contribution is 2.42. The number of carboxylic acid groups (broad SMARTS) is 1. The molecule has 21 heteroatoms. The van der Waals surface area contributed by atoms with Gasteiger partial charge in [-0.2, -0.15) is 13.2 Å². The number of aromatic nitrogens is 1. The number of likely N-dealkylation sites (tertiary alicyclic amines) is 1. The molecule has 13 nitrogen and oxygen atoms in total.